The van der Waals surface area contributed by atoms with E-state index in [0.29, 0.717) is 18.0 Å². The maximum atomic E-state index is 11.9. The van der Waals surface area contributed by atoms with Gasteiger partial charge in [-0.3, -0.25) is 0 Å². The molecule has 0 spiro atoms. The second kappa shape index (κ2) is 8.48. The van der Waals surface area contributed by atoms with Crippen LogP contribution >= 0.6 is 12.4 Å². The van der Waals surface area contributed by atoms with Crippen molar-refractivity contribution in [1.82, 2.24) is 4.72 Å². The molecule has 3 N–H and O–H groups in total. The van der Waals surface area contributed by atoms with Crippen molar-refractivity contribution in [3.8, 4) is 0 Å². The summed E-state index contributed by atoms with van der Waals surface area (Å²) in [5.41, 5.74) is 6.37. The normalized spacial score (nSPS) is 11.0. The molecule has 18 heavy (non-hydrogen) atoms. The summed E-state index contributed by atoms with van der Waals surface area (Å²) in [7, 11) is -3.36. The van der Waals surface area contributed by atoms with Gasteiger partial charge in [-0.15, -0.1) is 12.4 Å². The van der Waals surface area contributed by atoms with Crippen LogP contribution in [0.4, 0.5) is 0 Å². The van der Waals surface area contributed by atoms with Gasteiger partial charge in [0, 0.05) is 6.54 Å². The molecule has 6 heteroatoms. The number of hydrogen-bond donors (Lipinski definition) is 2. The molecular formula is C12H21ClN2O2S. The Morgan fingerprint density at radius 2 is 2.00 bits per heavy atom. The van der Waals surface area contributed by atoms with Crippen molar-refractivity contribution in [2.45, 2.75) is 31.1 Å². The highest BCUT2D eigenvalue weighted by Gasteiger charge is 2.12. The Kier molecular flexibility index (Phi) is 8.18. The number of unbranched alkanes of at least 4 members (excludes halogenated alkanes) is 1. The van der Waals surface area contributed by atoms with Crippen molar-refractivity contribution in [1.29, 1.82) is 0 Å². The fourth-order valence-corrected chi connectivity index (χ4v) is 2.64. The lowest BCUT2D eigenvalue weighted by molar-refractivity contribution is 0.577. The Hall–Kier alpha value is -0.620. The molecule has 0 aliphatic carbocycles. The lowest BCUT2D eigenvalue weighted by atomic mass is 10.2. The molecule has 0 aliphatic rings. The van der Waals surface area contributed by atoms with Gasteiger partial charge in [-0.2, -0.15) is 0 Å². The van der Waals surface area contributed by atoms with Gasteiger partial charge >= 0.3 is 0 Å². The standard InChI is InChI=1S/C12H20N2O2S.ClH/c1-2-11-6-5-7-12(10-11)17(15,16)14-9-4-3-8-13;/h5-7,10,14H,2-4,8-9,13H2,1H3;1H. The largest absolute Gasteiger partial charge is 0.330 e. The zero-order valence-electron chi connectivity index (χ0n) is 10.6. The van der Waals surface area contributed by atoms with Crippen molar-refractivity contribution >= 4 is 22.4 Å². The van der Waals surface area contributed by atoms with Crippen molar-refractivity contribution < 1.29 is 8.42 Å². The minimum absolute atomic E-state index is 0. The Balaban J connectivity index is 0.00000289. The van der Waals surface area contributed by atoms with Gasteiger partial charge in [0.15, 0.2) is 0 Å². The highest BCUT2D eigenvalue weighted by molar-refractivity contribution is 7.89. The van der Waals surface area contributed by atoms with Crippen molar-refractivity contribution in [2.75, 3.05) is 13.1 Å². The number of sulfonamides is 1. The van der Waals surface area contributed by atoms with Crippen LogP contribution in [0.25, 0.3) is 0 Å². The van der Waals surface area contributed by atoms with Gasteiger partial charge in [0.1, 0.15) is 0 Å². The van der Waals surface area contributed by atoms with E-state index in [1.165, 1.54) is 0 Å². The first-order valence-corrected chi connectivity index (χ1v) is 7.37. The molecule has 0 fully saturated rings. The van der Waals surface area contributed by atoms with E-state index in [-0.39, 0.29) is 12.4 Å². The SMILES string of the molecule is CCc1cccc(S(=O)(=O)NCCCCN)c1.Cl. The molecule has 0 saturated carbocycles. The lowest BCUT2D eigenvalue weighted by Crippen LogP contribution is -2.25. The van der Waals surface area contributed by atoms with Crippen molar-refractivity contribution in [3.05, 3.63) is 29.8 Å². The molecule has 4 nitrogen and oxygen atoms in total. The summed E-state index contributed by atoms with van der Waals surface area (Å²) in [5, 5.41) is 0. The molecule has 0 bridgehead atoms. The summed E-state index contributed by atoms with van der Waals surface area (Å²) in [5.74, 6) is 0. The van der Waals surface area contributed by atoms with E-state index in [0.717, 1.165) is 24.8 Å². The number of hydrogen-bond acceptors (Lipinski definition) is 3. The molecular weight excluding hydrogens is 272 g/mol. The smallest absolute Gasteiger partial charge is 0.240 e. The number of rotatable bonds is 7. The van der Waals surface area contributed by atoms with Crippen LogP contribution in [0, 0.1) is 0 Å². The summed E-state index contributed by atoms with van der Waals surface area (Å²) in [4.78, 5) is 0.338. The average molecular weight is 293 g/mol. The van der Waals surface area contributed by atoms with Crippen LogP contribution in [-0.2, 0) is 16.4 Å². The summed E-state index contributed by atoms with van der Waals surface area (Å²) >= 11 is 0. The molecule has 1 rings (SSSR count). The molecule has 1 aromatic carbocycles. The van der Waals surface area contributed by atoms with Crippen LogP contribution in [0.5, 0.6) is 0 Å². The van der Waals surface area contributed by atoms with Gasteiger partial charge in [-0.1, -0.05) is 19.1 Å². The minimum atomic E-state index is -3.36. The second-order valence-electron chi connectivity index (χ2n) is 3.89. The third kappa shape index (κ3) is 5.35. The molecule has 0 amide bonds. The molecule has 0 saturated heterocycles. The molecule has 0 aliphatic heterocycles. The van der Waals surface area contributed by atoms with E-state index in [2.05, 4.69) is 4.72 Å². The quantitative estimate of drug-likeness (QED) is 0.751. The number of aryl methyl sites for hydroxylation is 1. The van der Waals surface area contributed by atoms with Crippen LogP contribution in [0.1, 0.15) is 25.3 Å². The fraction of sp³-hybridized carbons (Fsp3) is 0.500. The molecule has 0 aromatic heterocycles. The first-order chi connectivity index (χ1) is 8.10. The topological polar surface area (TPSA) is 72.2 Å². The molecule has 104 valence electrons. The Morgan fingerprint density at radius 1 is 1.28 bits per heavy atom. The summed E-state index contributed by atoms with van der Waals surface area (Å²) in [6.07, 6.45) is 2.43. The van der Waals surface area contributed by atoms with E-state index in [9.17, 15) is 8.42 Å². The molecule has 0 unspecified atom stereocenters. The van der Waals surface area contributed by atoms with E-state index in [1.807, 2.05) is 13.0 Å². The van der Waals surface area contributed by atoms with E-state index in [1.54, 1.807) is 18.2 Å². The van der Waals surface area contributed by atoms with E-state index < -0.39 is 10.0 Å². The predicted octanol–water partition coefficient (Wildman–Crippen LogP) is 1.69. The maximum absolute atomic E-state index is 11.9. The highest BCUT2D eigenvalue weighted by Crippen LogP contribution is 2.11. The summed E-state index contributed by atoms with van der Waals surface area (Å²) in [6.45, 7) is 3.03. The van der Waals surface area contributed by atoms with E-state index >= 15 is 0 Å². The van der Waals surface area contributed by atoms with E-state index in [4.69, 9.17) is 5.73 Å². The van der Waals surface area contributed by atoms with Crippen LogP contribution in [-0.4, -0.2) is 21.5 Å². The van der Waals surface area contributed by atoms with Gasteiger partial charge in [0.25, 0.3) is 0 Å². The van der Waals surface area contributed by atoms with Crippen LogP contribution in [0.2, 0.25) is 0 Å². The second-order valence-corrected chi connectivity index (χ2v) is 5.66. The minimum Gasteiger partial charge on any atom is -0.330 e. The monoisotopic (exact) mass is 292 g/mol. The maximum Gasteiger partial charge on any atom is 0.240 e. The van der Waals surface area contributed by atoms with Gasteiger partial charge in [-0.25, -0.2) is 13.1 Å². The Labute approximate surface area is 115 Å². The van der Waals surface area contributed by atoms with Gasteiger partial charge in [-0.05, 0) is 43.5 Å². The van der Waals surface area contributed by atoms with Crippen LogP contribution in [0.3, 0.4) is 0 Å². The average Bonchev–Trinajstić information content (AvgIpc) is 2.35. The zero-order chi connectivity index (χ0) is 12.7. The molecule has 1 aromatic rings. The molecule has 0 atom stereocenters. The third-order valence-electron chi connectivity index (χ3n) is 2.54. The molecule has 0 radical (unpaired) electrons. The van der Waals surface area contributed by atoms with Crippen molar-refractivity contribution in [3.63, 3.8) is 0 Å². The molecule has 0 heterocycles. The Morgan fingerprint density at radius 3 is 2.61 bits per heavy atom. The van der Waals surface area contributed by atoms with Gasteiger partial charge in [0.05, 0.1) is 4.90 Å². The summed E-state index contributed by atoms with van der Waals surface area (Å²) in [6, 6.07) is 7.02. The van der Waals surface area contributed by atoms with Gasteiger partial charge in [0.2, 0.25) is 10.0 Å². The number of benzene rings is 1. The number of halogens is 1. The first-order valence-electron chi connectivity index (χ1n) is 5.89. The summed E-state index contributed by atoms with van der Waals surface area (Å²) < 4.78 is 26.4. The lowest BCUT2D eigenvalue weighted by Gasteiger charge is -2.07. The van der Waals surface area contributed by atoms with Gasteiger partial charge < -0.3 is 5.73 Å². The van der Waals surface area contributed by atoms with Crippen LogP contribution in [0.15, 0.2) is 29.2 Å². The highest BCUT2D eigenvalue weighted by atomic mass is 35.5. The van der Waals surface area contributed by atoms with Crippen molar-refractivity contribution in [2.24, 2.45) is 5.73 Å². The Bertz CT molecular complexity index is 449. The number of nitrogens with one attached hydrogen (secondary N) is 1. The third-order valence-corrected chi connectivity index (χ3v) is 4.00. The zero-order valence-corrected chi connectivity index (χ0v) is 12.2. The number of nitrogens with two attached hydrogens (primary N) is 1. The first kappa shape index (κ1) is 17.4. The fourth-order valence-electron chi connectivity index (χ4n) is 1.49. The van der Waals surface area contributed by atoms with Crippen LogP contribution < -0.4 is 10.5 Å². The predicted molar refractivity (Wildman–Crippen MR) is 76.5 cm³/mol.